The topological polar surface area (TPSA) is 72.6 Å². The van der Waals surface area contributed by atoms with Gasteiger partial charge in [0.2, 0.25) is 5.91 Å². The van der Waals surface area contributed by atoms with E-state index in [1.54, 1.807) is 35.2 Å². The standard InChI is InChI=1S/C24H26Cl2N2O3/c1-3-5-19(23(27)29)28-21(15-7-11-17(25)12-8-15)22(16-9-13-18(26)14-10-16)31-20(6-4-2)24(28)30/h4,7-14,19-22H,2-3,5-6H2,1H3,(H2,27,29)/t19-,20+,21-,22+/m0/s1. The third-order valence-electron chi connectivity index (χ3n) is 5.44. The molecule has 2 aromatic carbocycles. The summed E-state index contributed by atoms with van der Waals surface area (Å²) in [4.78, 5) is 27.6. The maximum absolute atomic E-state index is 13.5. The maximum atomic E-state index is 13.5. The molecule has 5 nitrogen and oxygen atoms in total. The molecule has 31 heavy (non-hydrogen) atoms. The van der Waals surface area contributed by atoms with Crippen LogP contribution in [0.1, 0.15) is 49.5 Å². The van der Waals surface area contributed by atoms with Gasteiger partial charge < -0.3 is 15.4 Å². The number of nitrogens with two attached hydrogens (primary N) is 1. The van der Waals surface area contributed by atoms with E-state index < -0.39 is 30.2 Å². The molecule has 0 aliphatic carbocycles. The molecular formula is C24H26Cl2N2O3. The first-order chi connectivity index (χ1) is 14.9. The molecule has 0 unspecified atom stereocenters. The van der Waals surface area contributed by atoms with Gasteiger partial charge in [0.15, 0.2) is 0 Å². The van der Waals surface area contributed by atoms with Gasteiger partial charge in [0.05, 0.1) is 6.04 Å². The number of nitrogens with zero attached hydrogens (tertiary/aromatic N) is 1. The van der Waals surface area contributed by atoms with Crippen molar-refractivity contribution in [1.82, 2.24) is 4.90 Å². The second kappa shape index (κ2) is 10.3. The lowest BCUT2D eigenvalue weighted by molar-refractivity contribution is -0.180. The van der Waals surface area contributed by atoms with Crippen molar-refractivity contribution in [1.29, 1.82) is 0 Å². The van der Waals surface area contributed by atoms with Gasteiger partial charge in [-0.3, -0.25) is 9.59 Å². The molecular weight excluding hydrogens is 435 g/mol. The molecule has 2 amide bonds. The minimum atomic E-state index is -0.763. The van der Waals surface area contributed by atoms with Gasteiger partial charge in [-0.25, -0.2) is 0 Å². The quantitative estimate of drug-likeness (QED) is 0.547. The van der Waals surface area contributed by atoms with E-state index in [0.29, 0.717) is 29.3 Å². The molecule has 164 valence electrons. The average molecular weight is 461 g/mol. The molecule has 1 heterocycles. The molecule has 3 rings (SSSR count). The molecule has 0 aromatic heterocycles. The third kappa shape index (κ3) is 5.12. The number of benzene rings is 2. The highest BCUT2D eigenvalue weighted by molar-refractivity contribution is 6.30. The van der Waals surface area contributed by atoms with E-state index in [1.165, 1.54) is 0 Å². The van der Waals surface area contributed by atoms with Gasteiger partial charge in [-0.2, -0.15) is 0 Å². The Morgan fingerprint density at radius 1 is 1.13 bits per heavy atom. The van der Waals surface area contributed by atoms with Crippen LogP contribution in [0.4, 0.5) is 0 Å². The number of carbonyl (C=O) groups is 2. The Balaban J connectivity index is 2.18. The maximum Gasteiger partial charge on any atom is 0.253 e. The largest absolute Gasteiger partial charge is 0.368 e. The summed E-state index contributed by atoms with van der Waals surface area (Å²) in [6, 6.07) is 13.2. The van der Waals surface area contributed by atoms with Crippen molar-refractivity contribution in [2.45, 2.75) is 50.5 Å². The van der Waals surface area contributed by atoms with Crippen molar-refractivity contribution >= 4 is 35.0 Å². The highest BCUT2D eigenvalue weighted by Crippen LogP contribution is 2.44. The number of ether oxygens (including phenoxy) is 1. The van der Waals surface area contributed by atoms with Crippen LogP contribution < -0.4 is 5.73 Å². The summed E-state index contributed by atoms with van der Waals surface area (Å²) in [5.41, 5.74) is 7.42. The van der Waals surface area contributed by atoms with Crippen LogP contribution in [0.5, 0.6) is 0 Å². The summed E-state index contributed by atoms with van der Waals surface area (Å²) in [5, 5.41) is 1.17. The second-order valence-corrected chi connectivity index (χ2v) is 8.44. The molecule has 4 atom stereocenters. The molecule has 2 N–H and O–H groups in total. The predicted molar refractivity (Wildman–Crippen MR) is 123 cm³/mol. The number of morpholine rings is 1. The Kier molecular flexibility index (Phi) is 7.76. The van der Waals surface area contributed by atoms with Crippen LogP contribution in [-0.2, 0) is 14.3 Å². The van der Waals surface area contributed by atoms with E-state index in [-0.39, 0.29) is 5.91 Å². The van der Waals surface area contributed by atoms with Crippen LogP contribution in [0, 0.1) is 0 Å². The highest BCUT2D eigenvalue weighted by atomic mass is 35.5. The fourth-order valence-corrected chi connectivity index (χ4v) is 4.27. The summed E-state index contributed by atoms with van der Waals surface area (Å²) in [6.45, 7) is 5.71. The Morgan fingerprint density at radius 2 is 1.68 bits per heavy atom. The summed E-state index contributed by atoms with van der Waals surface area (Å²) in [7, 11) is 0. The Bertz CT molecular complexity index is 931. The highest BCUT2D eigenvalue weighted by Gasteiger charge is 2.47. The smallest absolute Gasteiger partial charge is 0.253 e. The lowest BCUT2D eigenvalue weighted by Crippen LogP contribution is -2.58. The van der Waals surface area contributed by atoms with Crippen LogP contribution in [0.3, 0.4) is 0 Å². The number of amides is 2. The van der Waals surface area contributed by atoms with E-state index in [0.717, 1.165) is 11.1 Å². The normalized spacial score (nSPS) is 22.2. The van der Waals surface area contributed by atoms with Gasteiger partial charge in [0.25, 0.3) is 5.91 Å². The lowest BCUT2D eigenvalue weighted by Gasteiger charge is -2.47. The van der Waals surface area contributed by atoms with Crippen LogP contribution in [0.15, 0.2) is 61.2 Å². The van der Waals surface area contributed by atoms with Crippen molar-refractivity contribution in [3.63, 3.8) is 0 Å². The van der Waals surface area contributed by atoms with E-state index in [9.17, 15) is 9.59 Å². The van der Waals surface area contributed by atoms with E-state index in [1.807, 2.05) is 31.2 Å². The van der Waals surface area contributed by atoms with Gasteiger partial charge >= 0.3 is 0 Å². The van der Waals surface area contributed by atoms with Crippen molar-refractivity contribution in [3.05, 3.63) is 82.4 Å². The molecule has 0 radical (unpaired) electrons. The SMILES string of the molecule is C=CC[C@H]1O[C@H](c2ccc(Cl)cc2)[C@H](c2ccc(Cl)cc2)N([C@@H](CCC)C(N)=O)C1=O. The fraction of sp³-hybridized carbons (Fsp3) is 0.333. The van der Waals surface area contributed by atoms with Crippen molar-refractivity contribution in [2.75, 3.05) is 0 Å². The minimum Gasteiger partial charge on any atom is -0.368 e. The van der Waals surface area contributed by atoms with Gasteiger partial charge in [-0.05, 0) is 41.8 Å². The number of hydrogen-bond acceptors (Lipinski definition) is 3. The molecule has 0 spiro atoms. The van der Waals surface area contributed by atoms with Crippen molar-refractivity contribution in [2.24, 2.45) is 5.73 Å². The molecule has 2 aromatic rings. The average Bonchev–Trinajstić information content (AvgIpc) is 2.75. The zero-order chi connectivity index (χ0) is 22.5. The molecule has 1 fully saturated rings. The first kappa shape index (κ1) is 23.3. The summed E-state index contributed by atoms with van der Waals surface area (Å²) < 4.78 is 6.31. The van der Waals surface area contributed by atoms with Crippen LogP contribution in [-0.4, -0.2) is 28.9 Å². The first-order valence-corrected chi connectivity index (χ1v) is 11.0. The summed E-state index contributed by atoms with van der Waals surface area (Å²) in [6.07, 6.45) is 1.83. The lowest BCUT2D eigenvalue weighted by atomic mass is 9.89. The molecule has 0 saturated carbocycles. The zero-order valence-electron chi connectivity index (χ0n) is 17.3. The monoisotopic (exact) mass is 460 g/mol. The number of halogens is 2. The molecule has 0 bridgehead atoms. The van der Waals surface area contributed by atoms with E-state index >= 15 is 0 Å². The van der Waals surface area contributed by atoms with Crippen LogP contribution >= 0.6 is 23.2 Å². The third-order valence-corrected chi connectivity index (χ3v) is 5.95. The number of rotatable bonds is 8. The minimum absolute atomic E-state index is 0.276. The molecule has 7 heteroatoms. The van der Waals surface area contributed by atoms with Gasteiger partial charge in [0, 0.05) is 16.5 Å². The van der Waals surface area contributed by atoms with Gasteiger partial charge in [-0.1, -0.05) is 66.9 Å². The van der Waals surface area contributed by atoms with Crippen molar-refractivity contribution in [3.8, 4) is 0 Å². The Labute approximate surface area is 192 Å². The van der Waals surface area contributed by atoms with Crippen LogP contribution in [0.25, 0.3) is 0 Å². The molecule has 1 aliphatic heterocycles. The van der Waals surface area contributed by atoms with Crippen molar-refractivity contribution < 1.29 is 14.3 Å². The number of carbonyl (C=O) groups excluding carboxylic acids is 2. The molecule has 1 saturated heterocycles. The van der Waals surface area contributed by atoms with Gasteiger partial charge in [0.1, 0.15) is 18.2 Å². The zero-order valence-corrected chi connectivity index (χ0v) is 18.9. The van der Waals surface area contributed by atoms with E-state index in [4.69, 9.17) is 33.7 Å². The van der Waals surface area contributed by atoms with Gasteiger partial charge in [-0.15, -0.1) is 6.58 Å². The number of primary amides is 1. The molecule has 1 aliphatic rings. The fourth-order valence-electron chi connectivity index (χ4n) is 4.01. The van der Waals surface area contributed by atoms with Crippen LogP contribution in [0.2, 0.25) is 10.0 Å². The first-order valence-electron chi connectivity index (χ1n) is 10.3. The van der Waals surface area contributed by atoms with E-state index in [2.05, 4.69) is 6.58 Å². The number of hydrogen-bond donors (Lipinski definition) is 1. The summed E-state index contributed by atoms with van der Waals surface area (Å²) in [5.74, 6) is -0.814. The Hall–Kier alpha value is -2.34. The second-order valence-electron chi connectivity index (χ2n) is 7.57. The Morgan fingerprint density at radius 3 is 2.16 bits per heavy atom. The summed E-state index contributed by atoms with van der Waals surface area (Å²) >= 11 is 12.2. The predicted octanol–water partition coefficient (Wildman–Crippen LogP) is 5.23.